The number of aliphatic hydroxyl groups excluding tert-OH is 1. The fourth-order valence-electron chi connectivity index (χ4n) is 5.07. The molecule has 1 amide bonds. The molecule has 0 aromatic rings. The number of amides is 1. The molecule has 242 valence electrons. The van der Waals surface area contributed by atoms with Gasteiger partial charge in [-0.15, -0.1) is 0 Å². The minimum atomic E-state index is -1.72. The summed E-state index contributed by atoms with van der Waals surface area (Å²) < 4.78 is 43.0. The molecule has 0 aromatic carbocycles. The molecule has 2 aliphatic rings. The molecule has 0 aromatic heterocycles. The van der Waals surface area contributed by atoms with Crippen molar-refractivity contribution in [3.8, 4) is 0 Å². The van der Waals surface area contributed by atoms with Crippen LogP contribution >= 0.6 is 0 Å². The number of carbonyl (C=O) groups is 7. The Kier molecular flexibility index (Phi) is 12.8. The van der Waals surface area contributed by atoms with Gasteiger partial charge < -0.3 is 48.3 Å². The van der Waals surface area contributed by atoms with Gasteiger partial charge in [-0.25, -0.2) is 4.79 Å². The summed E-state index contributed by atoms with van der Waals surface area (Å²) in [5, 5.41) is 13.2. The molecular weight excluding hydrogens is 582 g/mol. The van der Waals surface area contributed by atoms with Gasteiger partial charge in [0.05, 0.1) is 19.3 Å². The second-order valence-electron chi connectivity index (χ2n) is 9.91. The highest BCUT2D eigenvalue weighted by atomic mass is 16.7. The normalized spacial score (nSPS) is 30.7. The van der Waals surface area contributed by atoms with Gasteiger partial charge in [-0.05, 0) is 6.42 Å². The predicted octanol–water partition coefficient (Wildman–Crippen LogP) is -1.56. The van der Waals surface area contributed by atoms with E-state index < -0.39 is 109 Å². The lowest BCUT2D eigenvalue weighted by atomic mass is 9.83. The van der Waals surface area contributed by atoms with E-state index in [4.69, 9.17) is 37.9 Å². The van der Waals surface area contributed by atoms with Crippen LogP contribution in [-0.4, -0.2) is 116 Å². The minimum Gasteiger partial charge on any atom is -0.466 e. The van der Waals surface area contributed by atoms with Crippen molar-refractivity contribution in [2.45, 2.75) is 103 Å². The van der Waals surface area contributed by atoms with Crippen LogP contribution in [0.25, 0.3) is 0 Å². The Morgan fingerprint density at radius 3 is 1.74 bits per heavy atom. The van der Waals surface area contributed by atoms with Crippen molar-refractivity contribution in [3.63, 3.8) is 0 Å². The first-order valence-corrected chi connectivity index (χ1v) is 13.2. The third kappa shape index (κ3) is 9.86. The molecule has 2 fully saturated rings. The zero-order valence-electron chi connectivity index (χ0n) is 24.8. The van der Waals surface area contributed by atoms with Gasteiger partial charge in [-0.1, -0.05) is 0 Å². The number of carbonyl (C=O) groups excluding carboxylic acids is 7. The van der Waals surface area contributed by atoms with Crippen molar-refractivity contribution in [1.82, 2.24) is 5.32 Å². The Labute approximate surface area is 246 Å². The fraction of sp³-hybridized carbons (Fsp3) is 0.731. The van der Waals surface area contributed by atoms with Gasteiger partial charge >= 0.3 is 35.8 Å². The van der Waals surface area contributed by atoms with Crippen molar-refractivity contribution in [1.29, 1.82) is 0 Å². The van der Waals surface area contributed by atoms with Crippen LogP contribution in [0.4, 0.5) is 0 Å². The molecule has 0 saturated carbocycles. The Morgan fingerprint density at radius 2 is 1.28 bits per heavy atom. The summed E-state index contributed by atoms with van der Waals surface area (Å²) in [4.78, 5) is 84.5. The quantitative estimate of drug-likeness (QED) is 0.197. The van der Waals surface area contributed by atoms with Crippen molar-refractivity contribution in [3.05, 3.63) is 0 Å². The Morgan fingerprint density at radius 1 is 0.744 bits per heavy atom. The number of nitrogens with one attached hydrogen (secondary N) is 1. The minimum absolute atomic E-state index is 0.319. The summed E-state index contributed by atoms with van der Waals surface area (Å²) >= 11 is 0. The zero-order chi connectivity index (χ0) is 32.6. The van der Waals surface area contributed by atoms with E-state index in [-0.39, 0.29) is 6.42 Å². The third-order valence-electron chi connectivity index (χ3n) is 6.47. The summed E-state index contributed by atoms with van der Waals surface area (Å²) in [5.74, 6) is -6.86. The lowest BCUT2D eigenvalue weighted by Gasteiger charge is -2.45. The largest absolute Gasteiger partial charge is 0.466 e. The van der Waals surface area contributed by atoms with Gasteiger partial charge in [0.2, 0.25) is 12.0 Å². The van der Waals surface area contributed by atoms with Crippen LogP contribution in [0.2, 0.25) is 0 Å². The van der Waals surface area contributed by atoms with E-state index in [2.05, 4.69) is 5.32 Å². The molecule has 2 aliphatic heterocycles. The topological polar surface area (TPSA) is 226 Å². The molecule has 2 rings (SSSR count). The van der Waals surface area contributed by atoms with Crippen LogP contribution in [0, 0.1) is 5.92 Å². The SMILES string of the molecule is COC(=O)[C@@H](OC(C)=O)[C@@H]1OC(O)[C@H](NC(C)=O)[C@H]1C[C@H]1O[C@H](COC(C)=O)[C@@H](OC(C)=O)[C@H](OC(C)=O)[C@@H]1OC(C)=O. The van der Waals surface area contributed by atoms with Crippen molar-refractivity contribution >= 4 is 41.7 Å². The summed E-state index contributed by atoms with van der Waals surface area (Å²) in [6, 6.07) is -1.22. The van der Waals surface area contributed by atoms with Gasteiger partial charge in [0.15, 0.2) is 24.6 Å². The maximum absolute atomic E-state index is 12.6. The average molecular weight is 620 g/mol. The predicted molar refractivity (Wildman–Crippen MR) is 136 cm³/mol. The summed E-state index contributed by atoms with van der Waals surface area (Å²) in [6.07, 6.45) is -12.1. The van der Waals surface area contributed by atoms with Crippen molar-refractivity contribution in [2.75, 3.05) is 13.7 Å². The Balaban J connectivity index is 2.65. The first kappa shape index (κ1) is 35.4. The number of rotatable bonds is 11. The first-order valence-electron chi connectivity index (χ1n) is 13.2. The summed E-state index contributed by atoms with van der Waals surface area (Å²) in [7, 11) is 1.03. The van der Waals surface area contributed by atoms with Gasteiger partial charge in [0.1, 0.15) is 18.8 Å². The zero-order valence-corrected chi connectivity index (χ0v) is 24.8. The first-order chi connectivity index (χ1) is 20.0. The molecule has 2 N–H and O–H groups in total. The van der Waals surface area contributed by atoms with Gasteiger partial charge in [0.25, 0.3) is 0 Å². The molecule has 0 aliphatic carbocycles. The molecular formula is C26H37NO16. The maximum atomic E-state index is 12.6. The monoisotopic (exact) mass is 619 g/mol. The Bertz CT molecular complexity index is 1080. The maximum Gasteiger partial charge on any atom is 0.349 e. The lowest BCUT2D eigenvalue weighted by Crippen LogP contribution is -2.63. The fourth-order valence-corrected chi connectivity index (χ4v) is 5.07. The van der Waals surface area contributed by atoms with Crippen LogP contribution in [-0.2, 0) is 71.5 Å². The second kappa shape index (κ2) is 15.6. The van der Waals surface area contributed by atoms with Crippen molar-refractivity contribution < 1.29 is 76.6 Å². The van der Waals surface area contributed by atoms with E-state index in [9.17, 15) is 38.7 Å². The van der Waals surface area contributed by atoms with Gasteiger partial charge in [0, 0.05) is 47.5 Å². The molecule has 1 unspecified atom stereocenters. The van der Waals surface area contributed by atoms with Gasteiger partial charge in [-0.2, -0.15) is 0 Å². The summed E-state index contributed by atoms with van der Waals surface area (Å²) in [5.41, 5.74) is 0. The van der Waals surface area contributed by atoms with E-state index in [1.807, 2.05) is 0 Å². The highest BCUT2D eigenvalue weighted by molar-refractivity contribution is 5.79. The van der Waals surface area contributed by atoms with E-state index in [1.165, 1.54) is 0 Å². The van der Waals surface area contributed by atoms with Gasteiger partial charge in [-0.3, -0.25) is 28.8 Å². The molecule has 2 saturated heterocycles. The third-order valence-corrected chi connectivity index (χ3v) is 6.47. The van der Waals surface area contributed by atoms with Crippen LogP contribution < -0.4 is 5.32 Å². The van der Waals surface area contributed by atoms with E-state index in [0.29, 0.717) is 0 Å². The molecule has 0 spiro atoms. The number of esters is 6. The van der Waals surface area contributed by atoms with Crippen LogP contribution in [0.1, 0.15) is 48.0 Å². The van der Waals surface area contributed by atoms with E-state index in [1.54, 1.807) is 0 Å². The molecule has 10 atom stereocenters. The number of hydrogen-bond acceptors (Lipinski definition) is 16. The molecule has 2 heterocycles. The Hall–Kier alpha value is -3.83. The van der Waals surface area contributed by atoms with E-state index in [0.717, 1.165) is 48.7 Å². The summed E-state index contributed by atoms with van der Waals surface area (Å²) in [6.45, 7) is 6.01. The van der Waals surface area contributed by atoms with Crippen molar-refractivity contribution in [2.24, 2.45) is 5.92 Å². The highest BCUT2D eigenvalue weighted by Gasteiger charge is 2.57. The number of aliphatic hydroxyl groups is 1. The van der Waals surface area contributed by atoms with Crippen LogP contribution in [0.15, 0.2) is 0 Å². The lowest BCUT2D eigenvalue weighted by molar-refractivity contribution is -0.255. The standard InChI is InChI=1S/C26H37NO16/c1-10(28)27-19-16(20(43-25(19)34)24(26(35)36-7)41-15(6)33)8-17-21(38-12(3)30)23(40-14(5)32)22(39-13(4)31)18(42-17)9-37-11(2)29/h16-25,34H,8-9H2,1-7H3,(H,27,28)/t16-,17-,18-,19-,20-,21-,22-,23-,24+,25?/m1/s1. The van der Waals surface area contributed by atoms with Crippen LogP contribution in [0.3, 0.4) is 0 Å². The van der Waals surface area contributed by atoms with E-state index >= 15 is 0 Å². The number of ether oxygens (including phenoxy) is 8. The number of hydrogen-bond donors (Lipinski definition) is 2. The highest BCUT2D eigenvalue weighted by Crippen LogP contribution is 2.38. The smallest absolute Gasteiger partial charge is 0.349 e. The molecule has 43 heavy (non-hydrogen) atoms. The molecule has 17 heteroatoms. The molecule has 0 bridgehead atoms. The molecule has 0 radical (unpaired) electrons. The average Bonchev–Trinajstić information content (AvgIpc) is 3.17. The second-order valence-corrected chi connectivity index (χ2v) is 9.91. The number of methoxy groups -OCH3 is 1. The molecule has 17 nitrogen and oxygen atoms in total. The van der Waals surface area contributed by atoms with Crippen LogP contribution in [0.5, 0.6) is 0 Å².